The highest BCUT2D eigenvalue weighted by molar-refractivity contribution is 4.89. The van der Waals surface area contributed by atoms with Crippen molar-refractivity contribution in [1.82, 2.24) is 10.2 Å². The molecule has 4 atom stereocenters. The standard InChI is InChI=1S/C16H34N2/c1-6-9-15(17-8-3)16(7-2)18-12-13(4)10-11-14(18)5/h13-17H,6-12H2,1-5H3. The Bertz CT molecular complexity index is 211. The predicted octanol–water partition coefficient (Wildman–Crippen LogP) is 3.66. The largest absolute Gasteiger partial charge is 0.313 e. The van der Waals surface area contributed by atoms with Crippen molar-refractivity contribution in [3.8, 4) is 0 Å². The molecule has 1 rings (SSSR count). The molecule has 0 aromatic heterocycles. The van der Waals surface area contributed by atoms with Crippen LogP contribution in [0.1, 0.15) is 66.7 Å². The first-order valence-electron chi connectivity index (χ1n) is 8.13. The quantitative estimate of drug-likeness (QED) is 0.746. The lowest BCUT2D eigenvalue weighted by atomic mass is 9.89. The van der Waals surface area contributed by atoms with Crippen LogP contribution in [0.15, 0.2) is 0 Å². The van der Waals surface area contributed by atoms with Crippen LogP contribution in [0.5, 0.6) is 0 Å². The summed E-state index contributed by atoms with van der Waals surface area (Å²) in [5.74, 6) is 0.874. The van der Waals surface area contributed by atoms with Crippen LogP contribution in [0.25, 0.3) is 0 Å². The second kappa shape index (κ2) is 8.16. The van der Waals surface area contributed by atoms with Crippen molar-refractivity contribution in [3.63, 3.8) is 0 Å². The number of nitrogens with zero attached hydrogens (tertiary/aromatic N) is 1. The third-order valence-corrected chi connectivity index (χ3v) is 4.54. The number of hydrogen-bond donors (Lipinski definition) is 1. The molecule has 18 heavy (non-hydrogen) atoms. The number of likely N-dealkylation sites (tertiary alicyclic amines) is 1. The van der Waals surface area contributed by atoms with Gasteiger partial charge in [-0.1, -0.05) is 34.1 Å². The van der Waals surface area contributed by atoms with Crippen molar-refractivity contribution >= 4 is 0 Å². The van der Waals surface area contributed by atoms with E-state index in [9.17, 15) is 0 Å². The number of hydrogen-bond acceptors (Lipinski definition) is 2. The molecule has 0 saturated carbocycles. The minimum absolute atomic E-state index is 0.678. The van der Waals surface area contributed by atoms with E-state index in [0.29, 0.717) is 6.04 Å². The average Bonchev–Trinajstić information content (AvgIpc) is 2.35. The van der Waals surface area contributed by atoms with E-state index in [0.717, 1.165) is 24.5 Å². The maximum absolute atomic E-state index is 3.73. The Balaban J connectivity index is 2.71. The highest BCUT2D eigenvalue weighted by Crippen LogP contribution is 2.26. The number of piperidine rings is 1. The summed E-state index contributed by atoms with van der Waals surface area (Å²) in [5, 5.41) is 3.73. The maximum atomic E-state index is 3.73. The van der Waals surface area contributed by atoms with Crippen LogP contribution in [0.4, 0.5) is 0 Å². The lowest BCUT2D eigenvalue weighted by molar-refractivity contribution is 0.0530. The van der Waals surface area contributed by atoms with E-state index in [1.54, 1.807) is 0 Å². The van der Waals surface area contributed by atoms with Crippen molar-refractivity contribution in [1.29, 1.82) is 0 Å². The van der Waals surface area contributed by atoms with E-state index in [-0.39, 0.29) is 0 Å². The van der Waals surface area contributed by atoms with Gasteiger partial charge in [0, 0.05) is 24.7 Å². The molecule has 0 spiro atoms. The summed E-state index contributed by atoms with van der Waals surface area (Å²) in [6.07, 6.45) is 6.65. The summed E-state index contributed by atoms with van der Waals surface area (Å²) in [4.78, 5) is 2.79. The molecule has 0 aliphatic carbocycles. The molecule has 1 fully saturated rings. The van der Waals surface area contributed by atoms with Gasteiger partial charge in [-0.2, -0.15) is 0 Å². The smallest absolute Gasteiger partial charge is 0.0249 e. The second-order valence-corrected chi connectivity index (χ2v) is 6.16. The van der Waals surface area contributed by atoms with Gasteiger partial charge in [-0.15, -0.1) is 0 Å². The Morgan fingerprint density at radius 1 is 1.17 bits per heavy atom. The van der Waals surface area contributed by atoms with E-state index in [2.05, 4.69) is 44.8 Å². The van der Waals surface area contributed by atoms with Crippen molar-refractivity contribution in [3.05, 3.63) is 0 Å². The fourth-order valence-electron chi connectivity index (χ4n) is 3.54. The minimum Gasteiger partial charge on any atom is -0.313 e. The lowest BCUT2D eigenvalue weighted by Gasteiger charge is -2.45. The Morgan fingerprint density at radius 3 is 2.44 bits per heavy atom. The van der Waals surface area contributed by atoms with Crippen LogP contribution in [-0.4, -0.2) is 36.1 Å². The highest BCUT2D eigenvalue weighted by atomic mass is 15.2. The molecular weight excluding hydrogens is 220 g/mol. The Morgan fingerprint density at radius 2 is 1.89 bits per heavy atom. The lowest BCUT2D eigenvalue weighted by Crippen LogP contribution is -2.55. The van der Waals surface area contributed by atoms with Gasteiger partial charge >= 0.3 is 0 Å². The zero-order chi connectivity index (χ0) is 13.5. The summed E-state index contributed by atoms with van der Waals surface area (Å²) in [7, 11) is 0. The van der Waals surface area contributed by atoms with Gasteiger partial charge < -0.3 is 5.32 Å². The third kappa shape index (κ3) is 4.24. The monoisotopic (exact) mass is 254 g/mol. The Kier molecular flexibility index (Phi) is 7.25. The van der Waals surface area contributed by atoms with Crippen molar-refractivity contribution in [2.24, 2.45) is 5.92 Å². The zero-order valence-electron chi connectivity index (χ0n) is 13.2. The molecule has 1 aliphatic heterocycles. The van der Waals surface area contributed by atoms with E-state index in [4.69, 9.17) is 0 Å². The Labute approximate surface area is 115 Å². The SMILES string of the molecule is CCCC(NCC)C(CC)N1CC(C)CCC1C. The first-order valence-corrected chi connectivity index (χ1v) is 8.13. The van der Waals surface area contributed by atoms with E-state index < -0.39 is 0 Å². The molecule has 1 aliphatic rings. The van der Waals surface area contributed by atoms with Gasteiger partial charge in [0.1, 0.15) is 0 Å². The molecule has 108 valence electrons. The molecule has 1 saturated heterocycles. The molecule has 4 unspecified atom stereocenters. The van der Waals surface area contributed by atoms with Crippen molar-refractivity contribution < 1.29 is 0 Å². The van der Waals surface area contributed by atoms with E-state index >= 15 is 0 Å². The molecule has 1 heterocycles. The van der Waals surface area contributed by atoms with Gasteiger partial charge in [-0.3, -0.25) is 4.90 Å². The molecule has 0 aromatic rings. The van der Waals surface area contributed by atoms with Crippen LogP contribution in [0.2, 0.25) is 0 Å². The normalized spacial score (nSPS) is 29.2. The predicted molar refractivity (Wildman–Crippen MR) is 81.0 cm³/mol. The topological polar surface area (TPSA) is 15.3 Å². The first-order chi connectivity index (χ1) is 8.63. The fraction of sp³-hybridized carbons (Fsp3) is 1.00. The average molecular weight is 254 g/mol. The van der Waals surface area contributed by atoms with Crippen LogP contribution in [-0.2, 0) is 0 Å². The van der Waals surface area contributed by atoms with Gasteiger partial charge in [0.15, 0.2) is 0 Å². The van der Waals surface area contributed by atoms with Crippen LogP contribution < -0.4 is 5.32 Å². The van der Waals surface area contributed by atoms with Gasteiger partial charge in [-0.25, -0.2) is 0 Å². The second-order valence-electron chi connectivity index (χ2n) is 6.16. The van der Waals surface area contributed by atoms with Crippen LogP contribution in [0.3, 0.4) is 0 Å². The van der Waals surface area contributed by atoms with Crippen LogP contribution in [0, 0.1) is 5.92 Å². The van der Waals surface area contributed by atoms with Crippen molar-refractivity contribution in [2.75, 3.05) is 13.1 Å². The van der Waals surface area contributed by atoms with Crippen LogP contribution >= 0.6 is 0 Å². The van der Waals surface area contributed by atoms with Crippen molar-refractivity contribution in [2.45, 2.75) is 84.8 Å². The molecule has 0 aromatic carbocycles. The summed E-state index contributed by atoms with van der Waals surface area (Å²) >= 11 is 0. The third-order valence-electron chi connectivity index (χ3n) is 4.54. The Hall–Kier alpha value is -0.0800. The molecule has 2 heteroatoms. The summed E-state index contributed by atoms with van der Waals surface area (Å²) in [6.45, 7) is 14.1. The maximum Gasteiger partial charge on any atom is 0.0249 e. The molecule has 1 N–H and O–H groups in total. The number of nitrogens with one attached hydrogen (secondary N) is 1. The highest BCUT2D eigenvalue weighted by Gasteiger charge is 2.31. The van der Waals surface area contributed by atoms with Gasteiger partial charge in [0.2, 0.25) is 0 Å². The van der Waals surface area contributed by atoms with Gasteiger partial charge in [0.05, 0.1) is 0 Å². The zero-order valence-corrected chi connectivity index (χ0v) is 13.2. The van der Waals surface area contributed by atoms with E-state index in [1.807, 2.05) is 0 Å². The molecule has 0 radical (unpaired) electrons. The molecule has 2 nitrogen and oxygen atoms in total. The number of rotatable bonds is 7. The molecule has 0 amide bonds. The summed E-state index contributed by atoms with van der Waals surface area (Å²) in [5.41, 5.74) is 0. The minimum atomic E-state index is 0.678. The summed E-state index contributed by atoms with van der Waals surface area (Å²) < 4.78 is 0. The van der Waals surface area contributed by atoms with Gasteiger partial charge in [0.25, 0.3) is 0 Å². The fourth-order valence-corrected chi connectivity index (χ4v) is 3.54. The molecular formula is C16H34N2. The number of likely N-dealkylation sites (N-methyl/N-ethyl adjacent to an activating group) is 1. The first kappa shape index (κ1) is 16.0. The molecule has 0 bridgehead atoms. The van der Waals surface area contributed by atoms with E-state index in [1.165, 1.54) is 38.6 Å². The van der Waals surface area contributed by atoms with Gasteiger partial charge in [-0.05, 0) is 45.1 Å². The summed E-state index contributed by atoms with van der Waals surface area (Å²) in [6, 6.07) is 2.17.